The van der Waals surface area contributed by atoms with Crippen LogP contribution in [0.3, 0.4) is 0 Å². The van der Waals surface area contributed by atoms with Crippen LogP contribution in [-0.4, -0.2) is 31.7 Å². The Hall–Kier alpha value is -3.75. The largest absolute Gasteiger partial charge is 0.475 e. The zero-order valence-corrected chi connectivity index (χ0v) is 19.2. The second kappa shape index (κ2) is 8.89. The van der Waals surface area contributed by atoms with Crippen molar-refractivity contribution >= 4 is 57.5 Å². The van der Waals surface area contributed by atoms with Gasteiger partial charge in [-0.1, -0.05) is 48.0 Å². The number of hydrogen-bond donors (Lipinski definition) is 1. The van der Waals surface area contributed by atoms with Crippen LogP contribution in [0.1, 0.15) is 27.4 Å². The highest BCUT2D eigenvalue weighted by Gasteiger charge is 2.35. The van der Waals surface area contributed by atoms with Crippen molar-refractivity contribution in [3.63, 3.8) is 0 Å². The second-order valence-electron chi connectivity index (χ2n) is 7.66. The monoisotopic (exact) mass is 492 g/mol. The quantitative estimate of drug-likeness (QED) is 0.338. The summed E-state index contributed by atoms with van der Waals surface area (Å²) in [5.74, 6) is -1.13. The zero-order chi connectivity index (χ0) is 23.8. The molecule has 34 heavy (non-hydrogen) atoms. The standard InChI is InChI=1S/C25H17ClN2O5S/c26-19-7-3-1-5-15(19)13-28-23(29)22(34-25(28)32)11-16-12-27(20-8-4-2-6-18(16)20)14-17-9-10-21(33-17)24(30)31/h1-12H,13-14H2,(H,30,31). The third kappa shape index (κ3) is 4.13. The Bertz CT molecular complexity index is 1490. The summed E-state index contributed by atoms with van der Waals surface area (Å²) in [6.45, 7) is 0.420. The molecule has 3 heterocycles. The molecule has 9 heteroatoms. The average molecular weight is 493 g/mol. The molecule has 0 radical (unpaired) electrons. The van der Waals surface area contributed by atoms with Gasteiger partial charge in [0.2, 0.25) is 5.76 Å². The van der Waals surface area contributed by atoms with Crippen LogP contribution in [-0.2, 0) is 17.9 Å². The molecule has 0 atom stereocenters. The Balaban J connectivity index is 1.45. The van der Waals surface area contributed by atoms with Gasteiger partial charge in [0.15, 0.2) is 0 Å². The lowest BCUT2D eigenvalue weighted by atomic mass is 10.1. The predicted octanol–water partition coefficient (Wildman–Crippen LogP) is 5.87. The molecule has 0 spiro atoms. The van der Waals surface area contributed by atoms with Gasteiger partial charge < -0.3 is 14.1 Å². The van der Waals surface area contributed by atoms with E-state index in [9.17, 15) is 14.4 Å². The summed E-state index contributed by atoms with van der Waals surface area (Å²) in [4.78, 5) is 38.2. The number of fused-ring (bicyclic) bond motifs is 1. The molecule has 0 unspecified atom stereocenters. The molecule has 2 aromatic heterocycles. The van der Waals surface area contributed by atoms with Gasteiger partial charge in [0.25, 0.3) is 11.1 Å². The number of amides is 2. The van der Waals surface area contributed by atoms with E-state index in [1.165, 1.54) is 11.0 Å². The Kier molecular flexibility index (Phi) is 5.77. The average Bonchev–Trinajstić information content (AvgIpc) is 3.50. The van der Waals surface area contributed by atoms with Gasteiger partial charge in [0.1, 0.15) is 5.76 Å². The molecule has 2 amide bonds. The van der Waals surface area contributed by atoms with E-state index in [2.05, 4.69) is 0 Å². The Morgan fingerprint density at radius 2 is 1.79 bits per heavy atom. The maximum atomic E-state index is 13.0. The first kappa shape index (κ1) is 22.1. The summed E-state index contributed by atoms with van der Waals surface area (Å²) in [7, 11) is 0. The van der Waals surface area contributed by atoms with E-state index < -0.39 is 5.97 Å². The Morgan fingerprint density at radius 1 is 1.03 bits per heavy atom. The van der Waals surface area contributed by atoms with Crippen LogP contribution in [0.25, 0.3) is 17.0 Å². The fourth-order valence-corrected chi connectivity index (χ4v) is 4.87. The molecule has 1 fully saturated rings. The summed E-state index contributed by atoms with van der Waals surface area (Å²) in [6, 6.07) is 17.8. The molecule has 2 aromatic carbocycles. The van der Waals surface area contributed by atoms with E-state index in [-0.39, 0.29) is 23.5 Å². The van der Waals surface area contributed by atoms with Crippen LogP contribution in [0.4, 0.5) is 4.79 Å². The van der Waals surface area contributed by atoms with E-state index in [0.717, 1.165) is 28.2 Å². The summed E-state index contributed by atoms with van der Waals surface area (Å²) < 4.78 is 7.31. The highest BCUT2D eigenvalue weighted by molar-refractivity contribution is 8.18. The van der Waals surface area contributed by atoms with E-state index in [1.807, 2.05) is 41.1 Å². The normalized spacial score (nSPS) is 15.1. The molecule has 1 aliphatic heterocycles. The number of imide groups is 1. The van der Waals surface area contributed by atoms with Crippen molar-refractivity contribution in [2.45, 2.75) is 13.1 Å². The fourth-order valence-electron chi connectivity index (χ4n) is 3.84. The first-order chi connectivity index (χ1) is 16.4. The molecule has 5 rings (SSSR count). The Morgan fingerprint density at radius 3 is 2.56 bits per heavy atom. The van der Waals surface area contributed by atoms with Crippen molar-refractivity contribution in [2.75, 3.05) is 0 Å². The van der Waals surface area contributed by atoms with Crippen molar-refractivity contribution in [1.29, 1.82) is 0 Å². The van der Waals surface area contributed by atoms with Crippen molar-refractivity contribution in [3.05, 3.63) is 99.4 Å². The molecule has 4 aromatic rings. The number of aromatic nitrogens is 1. The van der Waals surface area contributed by atoms with Crippen LogP contribution >= 0.6 is 23.4 Å². The first-order valence-electron chi connectivity index (χ1n) is 10.3. The molecular formula is C25H17ClN2O5S. The third-order valence-corrected chi connectivity index (χ3v) is 6.74. The number of carboxylic acids is 1. The molecule has 170 valence electrons. The van der Waals surface area contributed by atoms with Gasteiger partial charge in [-0.2, -0.15) is 0 Å². The minimum atomic E-state index is -1.13. The number of halogens is 1. The second-order valence-corrected chi connectivity index (χ2v) is 9.06. The van der Waals surface area contributed by atoms with Crippen molar-refractivity contribution in [2.24, 2.45) is 0 Å². The van der Waals surface area contributed by atoms with Gasteiger partial charge in [-0.05, 0) is 47.7 Å². The molecule has 0 bridgehead atoms. The molecule has 0 aliphatic carbocycles. The predicted molar refractivity (Wildman–Crippen MR) is 130 cm³/mol. The number of para-hydroxylation sites is 1. The van der Waals surface area contributed by atoms with Crippen LogP contribution in [0.15, 0.2) is 76.2 Å². The minimum Gasteiger partial charge on any atom is -0.475 e. The first-order valence-corrected chi connectivity index (χ1v) is 11.5. The van der Waals surface area contributed by atoms with Crippen molar-refractivity contribution in [3.8, 4) is 0 Å². The highest BCUT2D eigenvalue weighted by atomic mass is 35.5. The van der Waals surface area contributed by atoms with Gasteiger partial charge in [0.05, 0.1) is 18.0 Å². The zero-order valence-electron chi connectivity index (χ0n) is 17.6. The van der Waals surface area contributed by atoms with Gasteiger partial charge in [-0.25, -0.2) is 4.79 Å². The number of furan rings is 1. The lowest BCUT2D eigenvalue weighted by Gasteiger charge is -2.13. The van der Waals surface area contributed by atoms with Gasteiger partial charge in [-0.15, -0.1) is 0 Å². The maximum absolute atomic E-state index is 13.0. The number of rotatable bonds is 6. The molecule has 1 N–H and O–H groups in total. The molecule has 7 nitrogen and oxygen atoms in total. The van der Waals surface area contributed by atoms with Gasteiger partial charge in [0, 0.05) is 27.7 Å². The summed E-state index contributed by atoms with van der Waals surface area (Å²) in [5.41, 5.74) is 2.35. The van der Waals surface area contributed by atoms with Crippen molar-refractivity contribution in [1.82, 2.24) is 9.47 Å². The third-order valence-electron chi connectivity index (χ3n) is 5.46. The topological polar surface area (TPSA) is 92.8 Å². The fraction of sp³-hybridized carbons (Fsp3) is 0.0800. The van der Waals surface area contributed by atoms with E-state index in [0.29, 0.717) is 27.8 Å². The molecule has 1 saturated heterocycles. The highest BCUT2D eigenvalue weighted by Crippen LogP contribution is 2.35. The summed E-state index contributed by atoms with van der Waals surface area (Å²) in [5, 5.41) is 10.1. The molecule has 0 saturated carbocycles. The number of nitrogens with zero attached hydrogens (tertiary/aromatic N) is 2. The summed E-state index contributed by atoms with van der Waals surface area (Å²) >= 11 is 7.10. The number of carbonyl (C=O) groups excluding carboxylic acids is 2. The number of thioether (sulfide) groups is 1. The number of benzene rings is 2. The van der Waals surface area contributed by atoms with Crippen molar-refractivity contribution < 1.29 is 23.9 Å². The van der Waals surface area contributed by atoms with E-state index in [1.54, 1.807) is 30.3 Å². The number of carboxylic acid groups (broad SMARTS) is 1. The maximum Gasteiger partial charge on any atom is 0.371 e. The van der Waals surface area contributed by atoms with E-state index in [4.69, 9.17) is 21.1 Å². The lowest BCUT2D eigenvalue weighted by molar-refractivity contribution is -0.123. The SMILES string of the molecule is O=C(O)c1ccc(Cn2cc(C=C3SC(=O)N(Cc4ccccc4Cl)C3=O)c3ccccc32)o1. The lowest BCUT2D eigenvalue weighted by Crippen LogP contribution is -2.27. The molecular weight excluding hydrogens is 476 g/mol. The van der Waals surface area contributed by atoms with Gasteiger partial charge in [-0.3, -0.25) is 14.5 Å². The van der Waals surface area contributed by atoms with E-state index >= 15 is 0 Å². The molecule has 1 aliphatic rings. The number of hydrogen-bond acceptors (Lipinski definition) is 5. The summed E-state index contributed by atoms with van der Waals surface area (Å²) in [6.07, 6.45) is 3.57. The van der Waals surface area contributed by atoms with Gasteiger partial charge >= 0.3 is 5.97 Å². The van der Waals surface area contributed by atoms with Crippen LogP contribution in [0.5, 0.6) is 0 Å². The Labute approximate surface area is 203 Å². The van der Waals surface area contributed by atoms with Crippen LogP contribution in [0.2, 0.25) is 5.02 Å². The number of carbonyl (C=O) groups is 3. The number of aromatic carboxylic acids is 1. The van der Waals surface area contributed by atoms with Crippen LogP contribution in [0, 0.1) is 0 Å². The minimum absolute atomic E-state index is 0.105. The smallest absolute Gasteiger partial charge is 0.371 e. The van der Waals surface area contributed by atoms with Crippen LogP contribution < -0.4 is 0 Å².